The van der Waals surface area contributed by atoms with Crippen LogP contribution in [0, 0.1) is 17.8 Å². The largest absolute Gasteiger partial charge is 0.508 e. The number of hydrogen-bond donors (Lipinski definition) is 3. The highest BCUT2D eigenvalue weighted by Crippen LogP contribution is 2.52. The van der Waals surface area contributed by atoms with E-state index >= 15 is 0 Å². The third kappa shape index (κ3) is 3.57. The summed E-state index contributed by atoms with van der Waals surface area (Å²) in [4.78, 5) is 40.2. The number of aliphatic carboxylic acids is 1. The summed E-state index contributed by atoms with van der Waals surface area (Å²) >= 11 is 3.37. The predicted octanol–water partition coefficient (Wildman–Crippen LogP) is 3.07. The van der Waals surface area contributed by atoms with Crippen LogP contribution in [0.3, 0.4) is 0 Å². The van der Waals surface area contributed by atoms with Gasteiger partial charge in [-0.15, -0.1) is 0 Å². The lowest BCUT2D eigenvalue weighted by Gasteiger charge is -2.32. The number of likely N-dealkylation sites (tertiary alicyclic amines) is 1. The van der Waals surface area contributed by atoms with Gasteiger partial charge in [-0.25, -0.2) is 0 Å². The van der Waals surface area contributed by atoms with Crippen LogP contribution in [0.5, 0.6) is 5.75 Å². The summed E-state index contributed by atoms with van der Waals surface area (Å²) in [6, 6.07) is 4.06. The summed E-state index contributed by atoms with van der Waals surface area (Å²) in [6.45, 7) is 6.04. The molecule has 1 aromatic carbocycles. The molecule has 0 bridgehead atoms. The fourth-order valence-corrected chi connectivity index (χ4v) is 5.14. The number of imide groups is 1. The van der Waals surface area contributed by atoms with Gasteiger partial charge in [0.25, 0.3) is 0 Å². The van der Waals surface area contributed by atoms with Crippen LogP contribution >= 0.6 is 15.9 Å². The van der Waals surface area contributed by atoms with Crippen molar-refractivity contribution in [1.29, 1.82) is 0 Å². The van der Waals surface area contributed by atoms with Crippen molar-refractivity contribution in [3.8, 4) is 5.75 Å². The first kappa shape index (κ1) is 21.8. The van der Waals surface area contributed by atoms with Crippen molar-refractivity contribution in [3.63, 3.8) is 0 Å². The molecule has 1 aromatic rings. The monoisotopic (exact) mass is 466 g/mol. The van der Waals surface area contributed by atoms with Gasteiger partial charge in [0.15, 0.2) is 0 Å². The Bertz CT molecular complexity index is 842. The number of nitrogens with one attached hydrogen (secondary N) is 1. The van der Waals surface area contributed by atoms with Crippen molar-refractivity contribution < 1.29 is 24.6 Å². The summed E-state index contributed by atoms with van der Waals surface area (Å²) in [6.07, 6.45) is 1.69. The molecule has 0 aromatic heterocycles. The lowest BCUT2D eigenvalue weighted by molar-refractivity contribution is -0.152. The first-order valence-corrected chi connectivity index (χ1v) is 10.8. The number of carbonyl (C=O) groups excluding carboxylic acids is 2. The van der Waals surface area contributed by atoms with E-state index in [9.17, 15) is 24.6 Å². The van der Waals surface area contributed by atoms with Crippen LogP contribution < -0.4 is 5.32 Å². The summed E-state index contributed by atoms with van der Waals surface area (Å²) in [7, 11) is 0. The zero-order valence-electron chi connectivity index (χ0n) is 16.8. The lowest BCUT2D eigenvalue weighted by Crippen LogP contribution is -2.56. The van der Waals surface area contributed by atoms with E-state index in [4.69, 9.17) is 0 Å². The highest BCUT2D eigenvalue weighted by molar-refractivity contribution is 9.10. The Labute approximate surface area is 178 Å². The number of unbranched alkanes of at least 4 members (excludes halogenated alkanes) is 1. The molecule has 0 radical (unpaired) electrons. The number of aromatic hydroxyl groups is 1. The average Bonchev–Trinajstić information content (AvgIpc) is 3.10. The number of carboxylic acid groups (broad SMARTS) is 1. The molecule has 2 heterocycles. The van der Waals surface area contributed by atoms with E-state index < -0.39 is 35.3 Å². The topological polar surface area (TPSA) is 107 Å². The Balaban J connectivity index is 2.15. The molecule has 2 saturated heterocycles. The van der Waals surface area contributed by atoms with Crippen molar-refractivity contribution in [3.05, 3.63) is 28.2 Å². The molecule has 0 unspecified atom stereocenters. The molecule has 158 valence electrons. The zero-order valence-corrected chi connectivity index (χ0v) is 18.4. The number of amides is 2. The molecule has 3 N–H and O–H groups in total. The Morgan fingerprint density at radius 1 is 1.31 bits per heavy atom. The van der Waals surface area contributed by atoms with E-state index in [1.807, 2.05) is 20.8 Å². The van der Waals surface area contributed by atoms with Gasteiger partial charge < -0.3 is 10.2 Å². The van der Waals surface area contributed by atoms with Gasteiger partial charge in [0.2, 0.25) is 11.8 Å². The van der Waals surface area contributed by atoms with Crippen LogP contribution in [0.2, 0.25) is 0 Å². The maximum absolute atomic E-state index is 13.3. The van der Waals surface area contributed by atoms with Crippen molar-refractivity contribution in [1.82, 2.24) is 10.2 Å². The van der Waals surface area contributed by atoms with Crippen LogP contribution in [0.15, 0.2) is 22.7 Å². The molecule has 4 atom stereocenters. The lowest BCUT2D eigenvalue weighted by atomic mass is 9.75. The molecule has 8 heteroatoms. The van der Waals surface area contributed by atoms with Gasteiger partial charge in [-0.05, 0) is 37.0 Å². The predicted molar refractivity (Wildman–Crippen MR) is 110 cm³/mol. The van der Waals surface area contributed by atoms with Gasteiger partial charge in [-0.1, -0.05) is 43.1 Å². The van der Waals surface area contributed by atoms with Gasteiger partial charge in [0.05, 0.1) is 11.8 Å². The Morgan fingerprint density at radius 2 is 2.00 bits per heavy atom. The molecule has 2 amide bonds. The smallest absolute Gasteiger partial charge is 0.324 e. The summed E-state index contributed by atoms with van der Waals surface area (Å²) < 4.78 is 0.694. The van der Waals surface area contributed by atoms with Crippen molar-refractivity contribution in [2.45, 2.75) is 51.6 Å². The van der Waals surface area contributed by atoms with E-state index in [0.29, 0.717) is 16.5 Å². The average molecular weight is 467 g/mol. The number of nitrogens with zero attached hydrogens (tertiary/aromatic N) is 1. The maximum Gasteiger partial charge on any atom is 0.324 e. The van der Waals surface area contributed by atoms with E-state index in [0.717, 1.165) is 6.42 Å². The first-order chi connectivity index (χ1) is 13.6. The van der Waals surface area contributed by atoms with Crippen molar-refractivity contribution in [2.75, 3.05) is 6.54 Å². The number of hydrogen-bond acceptors (Lipinski definition) is 5. The summed E-state index contributed by atoms with van der Waals surface area (Å²) in [5.41, 5.74) is -1.15. The number of halogens is 1. The second-order valence-electron chi connectivity index (χ2n) is 8.38. The minimum absolute atomic E-state index is 0.0123. The van der Waals surface area contributed by atoms with Gasteiger partial charge in [0, 0.05) is 22.6 Å². The molecular formula is C21H27BrN2O5. The van der Waals surface area contributed by atoms with Crippen LogP contribution in [0.4, 0.5) is 0 Å². The highest BCUT2D eigenvalue weighted by atomic mass is 79.9. The molecule has 3 rings (SSSR count). The quantitative estimate of drug-likeness (QED) is 0.533. The SMILES string of the molecule is CCCCN1C(=O)[C@H]2[C@@H](C1=O)[C@@](CC(C)C)(C(=O)O)N[C@H]2c1cc(Br)ccc1O. The number of phenols is 1. The Hall–Kier alpha value is -1.93. The molecule has 29 heavy (non-hydrogen) atoms. The molecule has 0 spiro atoms. The van der Waals surface area contributed by atoms with E-state index in [1.165, 1.54) is 11.0 Å². The maximum atomic E-state index is 13.3. The van der Waals surface area contributed by atoms with Gasteiger partial charge in [0.1, 0.15) is 11.3 Å². The van der Waals surface area contributed by atoms with E-state index in [1.54, 1.807) is 12.1 Å². The zero-order chi connectivity index (χ0) is 21.5. The van der Waals surface area contributed by atoms with E-state index in [-0.39, 0.29) is 30.5 Å². The van der Waals surface area contributed by atoms with Crippen molar-refractivity contribution in [2.24, 2.45) is 17.8 Å². The molecule has 2 aliphatic heterocycles. The van der Waals surface area contributed by atoms with Crippen LogP contribution in [0.1, 0.15) is 51.6 Å². The molecule has 2 fully saturated rings. The third-order valence-corrected chi connectivity index (χ3v) is 6.41. The first-order valence-electron chi connectivity index (χ1n) is 9.98. The number of carboxylic acids is 1. The molecule has 7 nitrogen and oxygen atoms in total. The number of carbonyl (C=O) groups is 3. The Morgan fingerprint density at radius 3 is 2.59 bits per heavy atom. The minimum Gasteiger partial charge on any atom is -0.508 e. The fourth-order valence-electron chi connectivity index (χ4n) is 4.76. The fraction of sp³-hybridized carbons (Fsp3) is 0.571. The number of phenolic OH excluding ortho intramolecular Hbond substituents is 1. The normalized spacial score (nSPS) is 29.0. The minimum atomic E-state index is -1.56. The molecule has 0 saturated carbocycles. The molecular weight excluding hydrogens is 440 g/mol. The second-order valence-corrected chi connectivity index (χ2v) is 9.30. The van der Waals surface area contributed by atoms with Crippen LogP contribution in [-0.4, -0.2) is 45.0 Å². The number of fused-ring (bicyclic) bond motifs is 1. The standard InChI is InChI=1S/C21H27BrN2O5/c1-4-5-8-24-18(26)15-16(19(24)27)21(20(28)29,10-11(2)3)23-17(15)13-9-12(22)6-7-14(13)25/h6-7,9,11,15-17,23,25H,4-5,8,10H2,1-3H3,(H,28,29)/t15-,16-,17-,21-/m0/s1. The van der Waals surface area contributed by atoms with Gasteiger partial charge in [-0.2, -0.15) is 0 Å². The van der Waals surface area contributed by atoms with Crippen LogP contribution in [-0.2, 0) is 14.4 Å². The van der Waals surface area contributed by atoms with Gasteiger partial charge >= 0.3 is 5.97 Å². The summed E-state index contributed by atoms with van der Waals surface area (Å²) in [5.74, 6) is -3.86. The second kappa shape index (κ2) is 8.07. The van der Waals surface area contributed by atoms with Gasteiger partial charge in [-0.3, -0.25) is 24.6 Å². The van der Waals surface area contributed by atoms with Crippen molar-refractivity contribution >= 4 is 33.7 Å². The third-order valence-electron chi connectivity index (χ3n) is 5.92. The molecule has 0 aliphatic carbocycles. The van der Waals surface area contributed by atoms with Crippen LogP contribution in [0.25, 0.3) is 0 Å². The molecule has 2 aliphatic rings. The summed E-state index contributed by atoms with van der Waals surface area (Å²) in [5, 5.41) is 23.8. The van der Waals surface area contributed by atoms with E-state index in [2.05, 4.69) is 21.2 Å². The number of rotatable bonds is 7. The highest BCUT2D eigenvalue weighted by Gasteiger charge is 2.68. The Kier molecular flexibility index (Phi) is 6.06. The number of benzene rings is 1.